The van der Waals surface area contributed by atoms with Gasteiger partial charge >= 0.3 is 11.3 Å². The fraction of sp³-hybridized carbons (Fsp3) is 0.800. The predicted octanol–water partition coefficient (Wildman–Crippen LogP) is 1.50. The van der Waals surface area contributed by atoms with Crippen molar-refractivity contribution >= 4 is 11.8 Å². The van der Waals surface area contributed by atoms with Crippen LogP contribution in [0.1, 0.15) is 38.5 Å². The van der Waals surface area contributed by atoms with Crippen LogP contribution >= 0.6 is 0 Å². The molecule has 0 N–H and O–H groups in total. The fourth-order valence-electron chi connectivity index (χ4n) is 2.33. The van der Waals surface area contributed by atoms with Gasteiger partial charge in [0.05, 0.1) is 32.5 Å². The zero-order chi connectivity index (χ0) is 23.5. The molecule has 20 heteroatoms. The molecule has 0 fully saturated rings. The van der Waals surface area contributed by atoms with E-state index in [1.165, 1.54) is 0 Å². The van der Waals surface area contributed by atoms with E-state index >= 15 is 0 Å². The van der Waals surface area contributed by atoms with E-state index in [9.17, 15) is 50.0 Å². The second kappa shape index (κ2) is 10.8. The van der Waals surface area contributed by atoms with Crippen LogP contribution in [-0.4, -0.2) is 42.8 Å². The Hall–Kier alpha value is -4.44. The average molecular weight is 432 g/mol. The molecule has 0 aromatic heterocycles. The number of amides is 2. The van der Waals surface area contributed by atoms with Crippen molar-refractivity contribution in [1.29, 1.82) is 0 Å². The average Bonchev–Trinajstić information content (AvgIpc) is 2.63. The van der Waals surface area contributed by atoms with Crippen molar-refractivity contribution in [2.75, 3.05) is 0 Å². The maximum Gasteiger partial charge on any atom is 0.459 e. The highest BCUT2D eigenvalue weighted by Gasteiger charge is 2.63. The minimum Gasteiger partial charge on any atom is -0.293 e. The van der Waals surface area contributed by atoms with E-state index in [0.717, 1.165) is 0 Å². The van der Waals surface area contributed by atoms with Gasteiger partial charge in [-0.3, -0.25) is 50.0 Å². The lowest BCUT2D eigenvalue weighted by Gasteiger charge is -2.20. The quantitative estimate of drug-likeness (QED) is 0.101. The topological polar surface area (TPSA) is 304 Å². The van der Waals surface area contributed by atoms with Gasteiger partial charge < -0.3 is 0 Å². The van der Waals surface area contributed by atoms with Crippen molar-refractivity contribution in [3.8, 4) is 0 Å². The van der Waals surface area contributed by atoms with E-state index in [1.54, 1.807) is 0 Å². The third-order valence-electron chi connectivity index (χ3n) is 4.08. The van der Waals surface area contributed by atoms with Crippen molar-refractivity contribution in [2.45, 2.75) is 49.9 Å². The molecule has 0 aromatic carbocycles. The maximum absolute atomic E-state index is 11.3. The van der Waals surface area contributed by atoms with Crippen molar-refractivity contribution in [2.24, 2.45) is 10.2 Å². The summed E-state index contributed by atoms with van der Waals surface area (Å²) < 4.78 is 0. The SMILES string of the molecule is [N-]=[N+]=NC(=O)CCC(CCC(CCC(=O)N=[N+]=[N-])([N+](=O)[O-])[N+](=O)[O-])([N+](=O)[O-])[N+](=O)[O-]. The molecular weight excluding hydrogens is 420 g/mol. The molecule has 0 atom stereocenters. The molecule has 0 rings (SSSR count). The first-order valence-electron chi connectivity index (χ1n) is 7.63. The summed E-state index contributed by atoms with van der Waals surface area (Å²) in [5.74, 6) is -2.58. The van der Waals surface area contributed by atoms with Crippen molar-refractivity contribution < 1.29 is 29.3 Å². The number of carbonyl (C=O) groups is 2. The number of nitrogens with zero attached hydrogens (tertiary/aromatic N) is 10. The minimum atomic E-state index is -3.24. The summed E-state index contributed by atoms with van der Waals surface area (Å²) in [5, 5.41) is 50.5. The highest BCUT2D eigenvalue weighted by Crippen LogP contribution is 2.32. The molecular formula is C10H12N10O10. The Bertz CT molecular complexity index is 760. The Morgan fingerprint density at radius 3 is 1.13 bits per heavy atom. The van der Waals surface area contributed by atoms with Crippen LogP contribution in [0, 0.1) is 40.5 Å². The van der Waals surface area contributed by atoms with Crippen LogP contribution in [0.5, 0.6) is 0 Å². The van der Waals surface area contributed by atoms with Crippen molar-refractivity contribution in [3.05, 3.63) is 61.3 Å². The molecule has 0 aliphatic rings. The molecule has 0 heterocycles. The van der Waals surface area contributed by atoms with Gasteiger partial charge in [0, 0.05) is 22.7 Å². The Morgan fingerprint density at radius 1 is 0.667 bits per heavy atom. The van der Waals surface area contributed by atoms with Gasteiger partial charge in [0.1, 0.15) is 12.8 Å². The molecule has 30 heavy (non-hydrogen) atoms. The smallest absolute Gasteiger partial charge is 0.293 e. The number of azide groups is 2. The van der Waals surface area contributed by atoms with Gasteiger partial charge in [-0.1, -0.05) is 0 Å². The first-order valence-corrected chi connectivity index (χ1v) is 7.63. The van der Waals surface area contributed by atoms with E-state index in [0.29, 0.717) is 0 Å². The summed E-state index contributed by atoms with van der Waals surface area (Å²) >= 11 is 0. The van der Waals surface area contributed by atoms with Crippen LogP contribution < -0.4 is 0 Å². The molecule has 0 aliphatic carbocycles. The van der Waals surface area contributed by atoms with Crippen molar-refractivity contribution in [1.82, 2.24) is 0 Å². The van der Waals surface area contributed by atoms with Gasteiger partial charge in [-0.2, -0.15) is 0 Å². The third-order valence-corrected chi connectivity index (χ3v) is 4.08. The van der Waals surface area contributed by atoms with Crippen LogP contribution in [0.15, 0.2) is 10.2 Å². The Balaban J connectivity index is 5.96. The predicted molar refractivity (Wildman–Crippen MR) is 89.4 cm³/mol. The van der Waals surface area contributed by atoms with Crippen LogP contribution in [0.25, 0.3) is 20.9 Å². The van der Waals surface area contributed by atoms with E-state index < -0.39 is 81.4 Å². The second-order valence-corrected chi connectivity index (χ2v) is 5.66. The van der Waals surface area contributed by atoms with Gasteiger partial charge in [-0.15, -0.1) is 0 Å². The summed E-state index contributed by atoms with van der Waals surface area (Å²) in [7, 11) is 0. The van der Waals surface area contributed by atoms with Crippen LogP contribution in [-0.2, 0) is 9.59 Å². The highest BCUT2D eigenvalue weighted by atomic mass is 16.7. The fourth-order valence-corrected chi connectivity index (χ4v) is 2.33. The minimum absolute atomic E-state index is 0.981. The molecule has 2 amide bonds. The molecule has 162 valence electrons. The van der Waals surface area contributed by atoms with Gasteiger partial charge in [-0.25, -0.2) is 0 Å². The first kappa shape index (κ1) is 25.6. The number of carbonyl (C=O) groups excluding carboxylic acids is 2. The van der Waals surface area contributed by atoms with Crippen LogP contribution in [0.2, 0.25) is 0 Å². The Morgan fingerprint density at radius 2 is 0.933 bits per heavy atom. The van der Waals surface area contributed by atoms with Gasteiger partial charge in [0.25, 0.3) is 0 Å². The molecule has 20 nitrogen and oxygen atoms in total. The summed E-state index contributed by atoms with van der Waals surface area (Å²) in [5.41, 5.74) is 9.76. The number of nitro groups is 4. The maximum atomic E-state index is 11.3. The van der Waals surface area contributed by atoms with E-state index in [4.69, 9.17) is 11.1 Å². The monoisotopic (exact) mass is 432 g/mol. The Labute approximate surface area is 163 Å². The molecule has 0 radical (unpaired) electrons. The molecule has 0 unspecified atom stereocenters. The molecule has 0 spiro atoms. The Kier molecular flexibility index (Phi) is 9.19. The normalized spacial score (nSPS) is 10.8. The highest BCUT2D eigenvalue weighted by molar-refractivity contribution is 5.77. The molecule has 0 saturated carbocycles. The van der Waals surface area contributed by atoms with Gasteiger partial charge in [0.15, 0.2) is 0 Å². The zero-order valence-electron chi connectivity index (χ0n) is 14.8. The number of rotatable bonds is 13. The summed E-state index contributed by atoms with van der Waals surface area (Å²) in [6, 6.07) is 0. The number of hydrogen-bond acceptors (Lipinski definition) is 10. The second-order valence-electron chi connectivity index (χ2n) is 5.66. The molecule has 0 saturated heterocycles. The van der Waals surface area contributed by atoms with Crippen molar-refractivity contribution in [3.63, 3.8) is 0 Å². The third kappa shape index (κ3) is 6.04. The zero-order valence-corrected chi connectivity index (χ0v) is 14.8. The van der Waals surface area contributed by atoms with E-state index in [1.807, 2.05) is 0 Å². The van der Waals surface area contributed by atoms with Crippen LogP contribution in [0.3, 0.4) is 0 Å². The molecule has 0 bridgehead atoms. The summed E-state index contributed by atoms with van der Waals surface area (Å²) in [6.45, 7) is 0. The lowest BCUT2D eigenvalue weighted by atomic mass is 9.91. The van der Waals surface area contributed by atoms with E-state index in [-0.39, 0.29) is 0 Å². The lowest BCUT2D eigenvalue weighted by molar-refractivity contribution is -0.816. The standard InChI is InChI=1S/C10H12N10O10/c11-15-13-7(21)1-3-9(17(23)24,18(25)26)5-6-10(19(27)28,20(29)30)4-2-8(22)14-16-12/h1-6H2. The number of hydrogen-bond donors (Lipinski definition) is 0. The van der Waals surface area contributed by atoms with Gasteiger partial charge in [0.2, 0.25) is 11.8 Å². The van der Waals surface area contributed by atoms with Crippen LogP contribution in [0.4, 0.5) is 0 Å². The summed E-state index contributed by atoms with van der Waals surface area (Å²) in [6.07, 6.45) is -7.04. The summed E-state index contributed by atoms with van der Waals surface area (Å²) in [4.78, 5) is 66.2. The molecule has 0 aromatic rings. The lowest BCUT2D eigenvalue weighted by Crippen LogP contribution is -2.52. The largest absolute Gasteiger partial charge is 0.459 e. The van der Waals surface area contributed by atoms with E-state index in [2.05, 4.69) is 20.1 Å². The first-order chi connectivity index (χ1) is 13.9. The van der Waals surface area contributed by atoms with Gasteiger partial charge in [-0.05, 0) is 21.3 Å². The molecule has 0 aliphatic heterocycles.